The van der Waals surface area contributed by atoms with Crippen molar-refractivity contribution < 1.29 is 21.6 Å². The average Bonchev–Trinajstić information content (AvgIpc) is 2.97. The molecule has 4 aromatic carbocycles. The lowest BCUT2D eigenvalue weighted by atomic mass is 10.1. The van der Waals surface area contributed by atoms with E-state index < -0.39 is 20.0 Å². The highest BCUT2D eigenvalue weighted by atomic mass is 32.2. The van der Waals surface area contributed by atoms with Crippen LogP contribution < -0.4 is 4.74 Å². The first-order valence-electron chi connectivity index (χ1n) is 13.6. The van der Waals surface area contributed by atoms with Crippen molar-refractivity contribution in [2.45, 2.75) is 49.6 Å². The van der Waals surface area contributed by atoms with Gasteiger partial charge in [0.2, 0.25) is 20.0 Å². The zero-order chi connectivity index (χ0) is 29.0. The number of nitrogens with zero attached hydrogens (tertiary/aromatic N) is 2. The van der Waals surface area contributed by atoms with Crippen molar-refractivity contribution in [3.8, 4) is 11.5 Å². The first-order chi connectivity index (χ1) is 19.6. The number of para-hydroxylation sites is 2. The molecule has 5 rings (SSSR count). The fraction of sp³-hybridized carbons (Fsp3) is 0.250. The summed E-state index contributed by atoms with van der Waals surface area (Å²) in [6, 6.07) is 28.4. The van der Waals surface area contributed by atoms with Crippen LogP contribution in [0.25, 0.3) is 0 Å². The molecule has 0 spiro atoms. The van der Waals surface area contributed by atoms with Gasteiger partial charge in [0, 0.05) is 37.3 Å². The van der Waals surface area contributed by atoms with Crippen LogP contribution in [0, 0.1) is 13.8 Å². The van der Waals surface area contributed by atoms with Gasteiger partial charge in [0.15, 0.2) is 0 Å². The molecule has 0 bridgehead atoms. The third-order valence-electron chi connectivity index (χ3n) is 7.24. The van der Waals surface area contributed by atoms with E-state index in [4.69, 9.17) is 4.74 Å². The van der Waals surface area contributed by atoms with Crippen molar-refractivity contribution in [2.75, 3.05) is 13.1 Å². The Morgan fingerprint density at radius 2 is 0.902 bits per heavy atom. The Labute approximate surface area is 243 Å². The molecular formula is C32H34N2O5S2. The van der Waals surface area contributed by atoms with E-state index in [0.717, 1.165) is 22.3 Å². The molecule has 0 fully saturated rings. The van der Waals surface area contributed by atoms with Crippen LogP contribution in [0.15, 0.2) is 107 Å². The first kappa shape index (κ1) is 29.0. The molecule has 7 nitrogen and oxygen atoms in total. The minimum absolute atomic E-state index is 0.125. The fourth-order valence-electron chi connectivity index (χ4n) is 4.83. The Kier molecular flexibility index (Phi) is 8.60. The number of rotatable bonds is 4. The van der Waals surface area contributed by atoms with Gasteiger partial charge in [-0.25, -0.2) is 16.8 Å². The van der Waals surface area contributed by atoms with Gasteiger partial charge in [-0.1, -0.05) is 71.8 Å². The maximum atomic E-state index is 13.8. The van der Waals surface area contributed by atoms with Crippen LogP contribution in [-0.4, -0.2) is 38.5 Å². The van der Waals surface area contributed by atoms with Crippen molar-refractivity contribution in [3.63, 3.8) is 0 Å². The van der Waals surface area contributed by atoms with E-state index in [1.54, 1.807) is 48.5 Å². The average molecular weight is 591 g/mol. The Morgan fingerprint density at radius 3 is 1.29 bits per heavy atom. The van der Waals surface area contributed by atoms with Gasteiger partial charge in [-0.2, -0.15) is 8.61 Å². The SMILES string of the molecule is Cc1ccc(S(=O)(=O)N2CCCCN(S(=O)(=O)c3ccc(C)cc3)Cc3ccccc3Oc3ccccc3C2)cc1. The number of ether oxygens (including phenoxy) is 1. The van der Waals surface area contributed by atoms with Crippen molar-refractivity contribution in [3.05, 3.63) is 119 Å². The van der Waals surface area contributed by atoms with Gasteiger partial charge in [-0.15, -0.1) is 0 Å². The van der Waals surface area contributed by atoms with E-state index in [0.29, 0.717) is 24.3 Å². The van der Waals surface area contributed by atoms with Gasteiger partial charge in [0.05, 0.1) is 9.79 Å². The molecule has 0 N–H and O–H groups in total. The minimum Gasteiger partial charge on any atom is -0.457 e. The summed E-state index contributed by atoms with van der Waals surface area (Å²) in [6.07, 6.45) is 0.964. The monoisotopic (exact) mass is 590 g/mol. The van der Waals surface area contributed by atoms with E-state index >= 15 is 0 Å². The molecule has 0 amide bonds. The minimum atomic E-state index is -3.82. The number of hydrogen-bond donors (Lipinski definition) is 0. The highest BCUT2D eigenvalue weighted by Crippen LogP contribution is 2.32. The second-order valence-corrected chi connectivity index (χ2v) is 14.2. The van der Waals surface area contributed by atoms with Crippen LogP contribution in [0.3, 0.4) is 0 Å². The van der Waals surface area contributed by atoms with Gasteiger partial charge in [0.25, 0.3) is 0 Å². The van der Waals surface area contributed by atoms with E-state index in [9.17, 15) is 16.8 Å². The maximum absolute atomic E-state index is 13.8. The topological polar surface area (TPSA) is 84.0 Å². The zero-order valence-corrected chi connectivity index (χ0v) is 24.9. The second kappa shape index (κ2) is 12.2. The molecule has 0 radical (unpaired) electrons. The van der Waals surface area contributed by atoms with E-state index in [1.165, 1.54) is 8.61 Å². The number of sulfonamides is 2. The molecule has 214 valence electrons. The molecular weight excluding hydrogens is 556 g/mol. The highest BCUT2D eigenvalue weighted by molar-refractivity contribution is 7.89. The van der Waals surface area contributed by atoms with Crippen LogP contribution in [0.5, 0.6) is 11.5 Å². The largest absolute Gasteiger partial charge is 0.457 e. The Hall–Kier alpha value is -3.50. The first-order valence-corrected chi connectivity index (χ1v) is 16.5. The molecule has 0 unspecified atom stereocenters. The van der Waals surface area contributed by atoms with Gasteiger partial charge < -0.3 is 4.74 Å². The van der Waals surface area contributed by atoms with E-state index in [1.807, 2.05) is 62.4 Å². The summed E-state index contributed by atoms with van der Waals surface area (Å²) in [5, 5.41) is 0. The fourth-order valence-corrected chi connectivity index (χ4v) is 7.74. The second-order valence-electron chi connectivity index (χ2n) is 10.3. The van der Waals surface area contributed by atoms with Crippen LogP contribution in [0.2, 0.25) is 0 Å². The molecule has 41 heavy (non-hydrogen) atoms. The smallest absolute Gasteiger partial charge is 0.243 e. The van der Waals surface area contributed by atoms with Gasteiger partial charge in [-0.05, 0) is 63.1 Å². The van der Waals surface area contributed by atoms with Gasteiger partial charge in [0.1, 0.15) is 11.5 Å². The molecule has 0 saturated heterocycles. The zero-order valence-electron chi connectivity index (χ0n) is 23.2. The van der Waals surface area contributed by atoms with Crippen LogP contribution in [0.1, 0.15) is 35.1 Å². The summed E-state index contributed by atoms with van der Waals surface area (Å²) in [5.41, 5.74) is 3.39. The number of fused-ring (bicyclic) bond motifs is 2. The Bertz CT molecular complexity index is 1590. The molecule has 0 aliphatic carbocycles. The van der Waals surface area contributed by atoms with E-state index in [-0.39, 0.29) is 36.0 Å². The molecule has 0 aromatic heterocycles. The predicted octanol–water partition coefficient (Wildman–Crippen LogP) is 6.27. The normalized spacial score (nSPS) is 15.9. The number of benzene rings is 4. The summed E-state index contributed by atoms with van der Waals surface area (Å²) in [6.45, 7) is 4.54. The summed E-state index contributed by atoms with van der Waals surface area (Å²) in [4.78, 5) is 0.444. The molecule has 0 atom stereocenters. The summed E-state index contributed by atoms with van der Waals surface area (Å²) in [7, 11) is -7.65. The number of aryl methyl sites for hydroxylation is 2. The third kappa shape index (κ3) is 6.54. The molecule has 1 heterocycles. The van der Waals surface area contributed by atoms with Crippen molar-refractivity contribution >= 4 is 20.0 Å². The van der Waals surface area contributed by atoms with Crippen molar-refractivity contribution in [1.82, 2.24) is 8.61 Å². The summed E-state index contributed by atoms with van der Waals surface area (Å²) in [5.74, 6) is 1.05. The predicted molar refractivity (Wildman–Crippen MR) is 160 cm³/mol. The Morgan fingerprint density at radius 1 is 0.537 bits per heavy atom. The lowest BCUT2D eigenvalue weighted by Crippen LogP contribution is -2.34. The van der Waals surface area contributed by atoms with Crippen LogP contribution >= 0.6 is 0 Å². The lowest BCUT2D eigenvalue weighted by molar-refractivity contribution is 0.363. The van der Waals surface area contributed by atoms with Gasteiger partial charge >= 0.3 is 0 Å². The maximum Gasteiger partial charge on any atom is 0.243 e. The van der Waals surface area contributed by atoms with E-state index in [2.05, 4.69) is 0 Å². The molecule has 1 aliphatic rings. The third-order valence-corrected chi connectivity index (χ3v) is 11.0. The van der Waals surface area contributed by atoms with Crippen LogP contribution in [-0.2, 0) is 33.1 Å². The van der Waals surface area contributed by atoms with Gasteiger partial charge in [-0.3, -0.25) is 0 Å². The Balaban J connectivity index is 1.55. The molecule has 4 aromatic rings. The summed E-state index contributed by atoms with van der Waals surface area (Å²) < 4.78 is 64.5. The van der Waals surface area contributed by atoms with Crippen molar-refractivity contribution in [1.29, 1.82) is 0 Å². The van der Waals surface area contributed by atoms with Crippen molar-refractivity contribution in [2.24, 2.45) is 0 Å². The van der Waals surface area contributed by atoms with Crippen LogP contribution in [0.4, 0.5) is 0 Å². The highest BCUT2D eigenvalue weighted by Gasteiger charge is 2.29. The quantitative estimate of drug-likeness (QED) is 0.280. The molecule has 0 saturated carbocycles. The lowest BCUT2D eigenvalue weighted by Gasteiger charge is -2.24. The number of hydrogen-bond acceptors (Lipinski definition) is 5. The molecule has 1 aliphatic heterocycles. The summed E-state index contributed by atoms with van der Waals surface area (Å²) >= 11 is 0. The molecule has 9 heteroatoms. The standard InChI is InChI=1S/C32H34N2O5S2/c1-25-13-17-29(18-14-25)40(35,36)33-21-7-8-22-34(41(37,38)30-19-15-26(2)16-20-30)24-28-10-4-6-12-32(28)39-31-11-5-3-9-27(31)23-33/h3-6,9-20H,7-8,21-24H2,1-2H3.